The van der Waals surface area contributed by atoms with Crippen LogP contribution in [0, 0.1) is 6.92 Å². The number of aryl methyl sites for hydroxylation is 2. The van der Waals surface area contributed by atoms with Gasteiger partial charge in [0.2, 0.25) is 0 Å². The fraction of sp³-hybridized carbons (Fsp3) is 0.250. The van der Waals surface area contributed by atoms with Gasteiger partial charge in [-0.1, -0.05) is 6.92 Å². The van der Waals surface area contributed by atoms with Gasteiger partial charge in [0.15, 0.2) is 0 Å². The van der Waals surface area contributed by atoms with Crippen LogP contribution in [0.15, 0.2) is 18.3 Å². The number of aromatic carboxylic acids is 1. The molecule has 2 aromatic rings. The molecule has 0 saturated heterocycles. The van der Waals surface area contributed by atoms with Gasteiger partial charge in [-0.05, 0) is 25.5 Å². The van der Waals surface area contributed by atoms with Gasteiger partial charge in [-0.15, -0.1) is 11.3 Å². The Labute approximate surface area is 103 Å². The third-order valence-corrected chi connectivity index (χ3v) is 3.49. The van der Waals surface area contributed by atoms with E-state index in [2.05, 4.69) is 9.97 Å². The average molecular weight is 248 g/mol. The number of thiazole rings is 1. The number of hydrogen-bond acceptors (Lipinski definition) is 4. The fourth-order valence-corrected chi connectivity index (χ4v) is 2.52. The molecule has 0 spiro atoms. The van der Waals surface area contributed by atoms with Crippen molar-refractivity contribution < 1.29 is 9.90 Å². The van der Waals surface area contributed by atoms with Crippen LogP contribution < -0.4 is 0 Å². The highest BCUT2D eigenvalue weighted by atomic mass is 32.1. The highest BCUT2D eigenvalue weighted by Crippen LogP contribution is 2.26. The van der Waals surface area contributed by atoms with Crippen molar-refractivity contribution in [2.75, 3.05) is 0 Å². The van der Waals surface area contributed by atoms with Gasteiger partial charge in [-0.3, -0.25) is 4.98 Å². The molecule has 0 amide bonds. The molecule has 2 rings (SSSR count). The summed E-state index contributed by atoms with van der Waals surface area (Å²) < 4.78 is 0. The summed E-state index contributed by atoms with van der Waals surface area (Å²) in [5, 5.41) is 9.70. The SMILES string of the molecule is CCc1nc(-c2cc(C(=O)O)ccn2)sc1C. The first-order chi connectivity index (χ1) is 8.11. The van der Waals surface area contributed by atoms with E-state index in [0.29, 0.717) is 5.69 Å². The predicted octanol–water partition coefficient (Wildman–Crippen LogP) is 2.77. The summed E-state index contributed by atoms with van der Waals surface area (Å²) in [6, 6.07) is 3.03. The Kier molecular flexibility index (Phi) is 3.19. The number of hydrogen-bond donors (Lipinski definition) is 1. The summed E-state index contributed by atoms with van der Waals surface area (Å²) in [7, 11) is 0. The number of carboxylic acids is 1. The molecule has 2 aromatic heterocycles. The molecule has 0 bridgehead atoms. The lowest BCUT2D eigenvalue weighted by Crippen LogP contribution is -1.97. The highest BCUT2D eigenvalue weighted by Gasteiger charge is 2.11. The lowest BCUT2D eigenvalue weighted by molar-refractivity contribution is 0.0697. The van der Waals surface area contributed by atoms with Gasteiger partial charge in [-0.25, -0.2) is 9.78 Å². The Balaban J connectivity index is 2.45. The average Bonchev–Trinajstić information content (AvgIpc) is 2.71. The molecule has 4 nitrogen and oxygen atoms in total. The van der Waals surface area contributed by atoms with Crippen molar-refractivity contribution in [1.82, 2.24) is 9.97 Å². The van der Waals surface area contributed by atoms with Crippen molar-refractivity contribution in [3.8, 4) is 10.7 Å². The lowest BCUT2D eigenvalue weighted by Gasteiger charge is -1.97. The van der Waals surface area contributed by atoms with Gasteiger partial charge in [0.25, 0.3) is 0 Å². The number of pyridine rings is 1. The van der Waals surface area contributed by atoms with Crippen LogP contribution in [-0.4, -0.2) is 21.0 Å². The first kappa shape index (κ1) is 11.7. The number of rotatable bonds is 3. The van der Waals surface area contributed by atoms with E-state index in [1.165, 1.54) is 12.3 Å². The summed E-state index contributed by atoms with van der Waals surface area (Å²) in [5.74, 6) is -0.947. The molecule has 2 heterocycles. The van der Waals surface area contributed by atoms with Crippen molar-refractivity contribution >= 4 is 17.3 Å². The molecule has 88 valence electrons. The predicted molar refractivity (Wildman–Crippen MR) is 66.4 cm³/mol. The Hall–Kier alpha value is -1.75. The van der Waals surface area contributed by atoms with Crippen molar-refractivity contribution in [3.63, 3.8) is 0 Å². The monoisotopic (exact) mass is 248 g/mol. The largest absolute Gasteiger partial charge is 0.478 e. The number of carbonyl (C=O) groups is 1. The Morgan fingerprint density at radius 2 is 2.29 bits per heavy atom. The van der Waals surface area contributed by atoms with Crippen LogP contribution in [0.4, 0.5) is 0 Å². The zero-order chi connectivity index (χ0) is 12.4. The van der Waals surface area contributed by atoms with Gasteiger partial charge >= 0.3 is 5.97 Å². The van der Waals surface area contributed by atoms with Crippen molar-refractivity contribution in [3.05, 3.63) is 34.5 Å². The van der Waals surface area contributed by atoms with Gasteiger partial charge in [0.1, 0.15) is 5.01 Å². The molecule has 0 saturated carbocycles. The Morgan fingerprint density at radius 1 is 1.53 bits per heavy atom. The van der Waals surface area contributed by atoms with Crippen molar-refractivity contribution in [2.24, 2.45) is 0 Å². The molecular weight excluding hydrogens is 236 g/mol. The van der Waals surface area contributed by atoms with Gasteiger partial charge < -0.3 is 5.11 Å². The second kappa shape index (κ2) is 4.63. The molecule has 0 radical (unpaired) electrons. The summed E-state index contributed by atoms with van der Waals surface area (Å²) in [6.07, 6.45) is 2.38. The lowest BCUT2D eigenvalue weighted by atomic mass is 10.2. The third kappa shape index (κ3) is 2.34. The summed E-state index contributed by atoms with van der Waals surface area (Å²) in [5.41, 5.74) is 1.91. The number of carboxylic acid groups (broad SMARTS) is 1. The van der Waals surface area contributed by atoms with Crippen molar-refractivity contribution in [1.29, 1.82) is 0 Å². The second-order valence-corrected chi connectivity index (χ2v) is 4.81. The van der Waals surface area contributed by atoms with E-state index in [9.17, 15) is 4.79 Å². The number of aromatic nitrogens is 2. The first-order valence-electron chi connectivity index (χ1n) is 5.28. The van der Waals surface area contributed by atoms with Crippen LogP contribution in [0.3, 0.4) is 0 Å². The molecule has 0 fully saturated rings. The Bertz CT molecular complexity index is 563. The van der Waals surface area contributed by atoms with E-state index in [1.807, 2.05) is 13.8 Å². The minimum Gasteiger partial charge on any atom is -0.478 e. The molecule has 0 aromatic carbocycles. The van der Waals surface area contributed by atoms with E-state index >= 15 is 0 Å². The zero-order valence-corrected chi connectivity index (χ0v) is 10.4. The Morgan fingerprint density at radius 3 is 2.88 bits per heavy atom. The van der Waals surface area contributed by atoms with Crippen LogP contribution in [0.2, 0.25) is 0 Å². The first-order valence-corrected chi connectivity index (χ1v) is 6.09. The molecule has 1 N–H and O–H groups in total. The summed E-state index contributed by atoms with van der Waals surface area (Å²) >= 11 is 1.55. The van der Waals surface area contributed by atoms with Crippen LogP contribution in [-0.2, 0) is 6.42 Å². The summed E-state index contributed by atoms with van der Waals surface area (Å²) in [6.45, 7) is 4.06. The maximum atomic E-state index is 10.9. The smallest absolute Gasteiger partial charge is 0.335 e. The minimum absolute atomic E-state index is 0.237. The van der Waals surface area contributed by atoms with Gasteiger partial charge in [-0.2, -0.15) is 0 Å². The van der Waals surface area contributed by atoms with E-state index in [1.54, 1.807) is 17.4 Å². The van der Waals surface area contributed by atoms with E-state index in [4.69, 9.17) is 5.11 Å². The zero-order valence-electron chi connectivity index (χ0n) is 9.60. The second-order valence-electron chi connectivity index (χ2n) is 3.61. The number of nitrogens with zero attached hydrogens (tertiary/aromatic N) is 2. The highest BCUT2D eigenvalue weighted by molar-refractivity contribution is 7.15. The van der Waals surface area contributed by atoms with E-state index in [-0.39, 0.29) is 5.56 Å². The molecule has 0 aliphatic rings. The van der Waals surface area contributed by atoms with Crippen LogP contribution in [0.25, 0.3) is 10.7 Å². The van der Waals surface area contributed by atoms with E-state index in [0.717, 1.165) is 22.0 Å². The van der Waals surface area contributed by atoms with Crippen LogP contribution in [0.5, 0.6) is 0 Å². The van der Waals surface area contributed by atoms with E-state index < -0.39 is 5.97 Å². The van der Waals surface area contributed by atoms with Gasteiger partial charge in [0.05, 0.1) is 17.0 Å². The molecule has 5 heteroatoms. The molecule has 0 atom stereocenters. The topological polar surface area (TPSA) is 63.1 Å². The normalized spacial score (nSPS) is 10.5. The van der Waals surface area contributed by atoms with Crippen molar-refractivity contribution in [2.45, 2.75) is 20.3 Å². The fourth-order valence-electron chi connectivity index (χ4n) is 1.55. The summed E-state index contributed by atoms with van der Waals surface area (Å²) in [4.78, 5) is 20.7. The maximum absolute atomic E-state index is 10.9. The molecule has 0 aliphatic heterocycles. The van der Waals surface area contributed by atoms with Gasteiger partial charge in [0, 0.05) is 11.1 Å². The quantitative estimate of drug-likeness (QED) is 0.907. The molecule has 0 aliphatic carbocycles. The third-order valence-electron chi connectivity index (χ3n) is 2.45. The maximum Gasteiger partial charge on any atom is 0.335 e. The van der Waals surface area contributed by atoms with Crippen LogP contribution >= 0.6 is 11.3 Å². The molecular formula is C12H12N2O2S. The molecule has 17 heavy (non-hydrogen) atoms. The minimum atomic E-state index is -0.947. The standard InChI is InChI=1S/C12H12N2O2S/c1-3-9-7(2)17-11(14-9)10-6-8(12(15)16)4-5-13-10/h4-6H,3H2,1-2H3,(H,15,16). The van der Waals surface area contributed by atoms with Crippen LogP contribution in [0.1, 0.15) is 27.9 Å². The molecule has 0 unspecified atom stereocenters.